The summed E-state index contributed by atoms with van der Waals surface area (Å²) in [5, 5.41) is 3.21. The fraction of sp³-hybridized carbons (Fsp3) is 0.647. The third-order valence-electron chi connectivity index (χ3n) is 4.94. The van der Waals surface area contributed by atoms with Gasteiger partial charge in [0, 0.05) is 19.1 Å². The molecule has 7 heteroatoms. The SMILES string of the molecule is COC(=O)N1CCC(CC(NC(=O)c2ccc(Cl)s2)C2CC2)CC1. The molecule has 1 aromatic rings. The molecule has 1 saturated carbocycles. The zero-order chi connectivity index (χ0) is 17.1. The van der Waals surface area contributed by atoms with E-state index < -0.39 is 0 Å². The molecule has 0 spiro atoms. The van der Waals surface area contributed by atoms with Crippen LogP contribution in [-0.2, 0) is 4.74 Å². The van der Waals surface area contributed by atoms with E-state index in [2.05, 4.69) is 5.32 Å². The van der Waals surface area contributed by atoms with Gasteiger partial charge in [-0.25, -0.2) is 4.79 Å². The minimum Gasteiger partial charge on any atom is -0.453 e. The van der Waals surface area contributed by atoms with Crippen molar-refractivity contribution in [1.82, 2.24) is 10.2 Å². The summed E-state index contributed by atoms with van der Waals surface area (Å²) < 4.78 is 5.42. The molecule has 0 radical (unpaired) electrons. The molecule has 0 aromatic carbocycles. The maximum atomic E-state index is 12.4. The molecule has 1 aromatic heterocycles. The van der Waals surface area contributed by atoms with Crippen molar-refractivity contribution < 1.29 is 14.3 Å². The first-order valence-corrected chi connectivity index (χ1v) is 9.65. The van der Waals surface area contributed by atoms with E-state index in [1.54, 1.807) is 17.0 Å². The van der Waals surface area contributed by atoms with Crippen molar-refractivity contribution in [3.8, 4) is 0 Å². The zero-order valence-corrected chi connectivity index (χ0v) is 15.4. The van der Waals surface area contributed by atoms with Crippen LogP contribution in [0, 0.1) is 11.8 Å². The second-order valence-corrected chi connectivity index (χ2v) is 8.37. The highest BCUT2D eigenvalue weighted by Crippen LogP contribution is 2.37. The van der Waals surface area contributed by atoms with Gasteiger partial charge in [-0.15, -0.1) is 11.3 Å². The lowest BCUT2D eigenvalue weighted by molar-refractivity contribution is 0.0910. The molecule has 3 rings (SSSR count). The van der Waals surface area contributed by atoms with Gasteiger partial charge in [0.2, 0.25) is 0 Å². The number of amides is 2. The fourth-order valence-corrected chi connectivity index (χ4v) is 4.33. The van der Waals surface area contributed by atoms with E-state index in [1.165, 1.54) is 31.3 Å². The lowest BCUT2D eigenvalue weighted by Gasteiger charge is -2.33. The zero-order valence-electron chi connectivity index (χ0n) is 13.8. The van der Waals surface area contributed by atoms with Crippen molar-refractivity contribution in [1.29, 1.82) is 0 Å². The van der Waals surface area contributed by atoms with Gasteiger partial charge in [0.15, 0.2) is 0 Å². The molecule has 2 aliphatic rings. The number of hydrogen-bond donors (Lipinski definition) is 1. The van der Waals surface area contributed by atoms with Crippen molar-refractivity contribution in [2.45, 2.75) is 38.1 Å². The number of piperidine rings is 1. The van der Waals surface area contributed by atoms with E-state index >= 15 is 0 Å². The van der Waals surface area contributed by atoms with E-state index in [9.17, 15) is 9.59 Å². The van der Waals surface area contributed by atoms with Gasteiger partial charge in [-0.2, -0.15) is 0 Å². The first-order chi connectivity index (χ1) is 11.6. The highest BCUT2D eigenvalue weighted by Gasteiger charge is 2.35. The summed E-state index contributed by atoms with van der Waals surface area (Å²) in [6, 6.07) is 3.77. The van der Waals surface area contributed by atoms with Gasteiger partial charge >= 0.3 is 6.09 Å². The van der Waals surface area contributed by atoms with Crippen LogP contribution >= 0.6 is 22.9 Å². The Morgan fingerprint density at radius 2 is 2.04 bits per heavy atom. The average molecular weight is 371 g/mol. The Hall–Kier alpha value is -1.27. The van der Waals surface area contributed by atoms with Gasteiger partial charge in [-0.05, 0) is 56.1 Å². The molecular weight excluding hydrogens is 348 g/mol. The van der Waals surface area contributed by atoms with Crippen LogP contribution in [0.1, 0.15) is 41.8 Å². The second kappa shape index (κ2) is 7.74. The molecule has 0 bridgehead atoms. The van der Waals surface area contributed by atoms with Gasteiger partial charge in [-0.1, -0.05) is 11.6 Å². The summed E-state index contributed by atoms with van der Waals surface area (Å²) in [6.07, 6.45) is 5.08. The Bertz CT molecular complexity index is 594. The van der Waals surface area contributed by atoms with E-state index in [0.29, 0.717) is 21.0 Å². The van der Waals surface area contributed by atoms with Crippen molar-refractivity contribution >= 4 is 34.9 Å². The number of ether oxygens (including phenoxy) is 1. The molecule has 24 heavy (non-hydrogen) atoms. The van der Waals surface area contributed by atoms with Crippen LogP contribution in [0.25, 0.3) is 0 Å². The molecule has 1 aliphatic carbocycles. The largest absolute Gasteiger partial charge is 0.453 e. The first-order valence-electron chi connectivity index (χ1n) is 8.46. The Morgan fingerprint density at radius 3 is 2.58 bits per heavy atom. The number of likely N-dealkylation sites (tertiary alicyclic amines) is 1. The smallest absolute Gasteiger partial charge is 0.409 e. The molecule has 2 heterocycles. The molecule has 5 nitrogen and oxygen atoms in total. The summed E-state index contributed by atoms with van der Waals surface area (Å²) >= 11 is 7.24. The predicted molar refractivity (Wildman–Crippen MR) is 94.6 cm³/mol. The van der Waals surface area contributed by atoms with E-state index in [-0.39, 0.29) is 18.0 Å². The Kier molecular flexibility index (Phi) is 5.66. The number of nitrogens with one attached hydrogen (secondary N) is 1. The summed E-state index contributed by atoms with van der Waals surface area (Å²) in [7, 11) is 1.42. The molecule has 132 valence electrons. The van der Waals surface area contributed by atoms with Crippen LogP contribution in [0.15, 0.2) is 12.1 Å². The van der Waals surface area contributed by atoms with Crippen LogP contribution in [0.5, 0.6) is 0 Å². The molecule has 2 amide bonds. The number of thiophene rings is 1. The van der Waals surface area contributed by atoms with Crippen LogP contribution in [0.4, 0.5) is 4.79 Å². The third-order valence-corrected chi connectivity index (χ3v) is 6.17. The minimum atomic E-state index is -0.241. The highest BCUT2D eigenvalue weighted by molar-refractivity contribution is 7.17. The van der Waals surface area contributed by atoms with E-state index in [0.717, 1.165) is 32.4 Å². The molecule has 1 N–H and O–H groups in total. The number of nitrogens with zero attached hydrogens (tertiary/aromatic N) is 1. The number of methoxy groups -OCH3 is 1. The third kappa shape index (κ3) is 4.42. The number of hydrogen-bond acceptors (Lipinski definition) is 4. The Balaban J connectivity index is 1.52. The topological polar surface area (TPSA) is 58.6 Å². The number of carbonyl (C=O) groups excluding carboxylic acids is 2. The van der Waals surface area contributed by atoms with Crippen molar-refractivity contribution in [3.05, 3.63) is 21.3 Å². The van der Waals surface area contributed by atoms with Crippen LogP contribution in [-0.4, -0.2) is 43.1 Å². The normalized spacial score (nSPS) is 19.8. The summed E-state index contributed by atoms with van der Waals surface area (Å²) in [5.41, 5.74) is 0. The second-order valence-electron chi connectivity index (χ2n) is 6.66. The first kappa shape index (κ1) is 17.5. The molecule has 1 atom stereocenters. The predicted octanol–water partition coefficient (Wildman–Crippen LogP) is 3.78. The summed E-state index contributed by atoms with van der Waals surface area (Å²) in [5.74, 6) is 1.13. The lowest BCUT2D eigenvalue weighted by atomic mass is 9.88. The number of carbonyl (C=O) groups is 2. The molecule has 1 saturated heterocycles. The van der Waals surface area contributed by atoms with Gasteiger partial charge in [0.1, 0.15) is 0 Å². The van der Waals surface area contributed by atoms with Gasteiger partial charge in [-0.3, -0.25) is 4.79 Å². The van der Waals surface area contributed by atoms with Crippen LogP contribution in [0.3, 0.4) is 0 Å². The standard InChI is InChI=1S/C17H23ClN2O3S/c1-23-17(22)20-8-6-11(7-9-20)10-13(12-2-3-12)19-16(21)14-4-5-15(18)24-14/h4-5,11-13H,2-3,6-10H2,1H3,(H,19,21). The maximum absolute atomic E-state index is 12.4. The molecule has 1 aliphatic heterocycles. The quantitative estimate of drug-likeness (QED) is 0.858. The highest BCUT2D eigenvalue weighted by atomic mass is 35.5. The van der Waals surface area contributed by atoms with Crippen LogP contribution in [0.2, 0.25) is 4.34 Å². The minimum absolute atomic E-state index is 0.0178. The maximum Gasteiger partial charge on any atom is 0.409 e. The fourth-order valence-electron chi connectivity index (χ4n) is 3.38. The Labute approximate surface area is 151 Å². The van der Waals surface area contributed by atoms with Gasteiger partial charge < -0.3 is 15.0 Å². The van der Waals surface area contributed by atoms with Crippen molar-refractivity contribution in [3.63, 3.8) is 0 Å². The van der Waals surface area contributed by atoms with Crippen LogP contribution < -0.4 is 5.32 Å². The average Bonchev–Trinajstić information content (AvgIpc) is 3.35. The molecule has 1 unspecified atom stereocenters. The summed E-state index contributed by atoms with van der Waals surface area (Å²) in [6.45, 7) is 1.48. The van der Waals surface area contributed by atoms with E-state index in [1.807, 2.05) is 0 Å². The summed E-state index contributed by atoms with van der Waals surface area (Å²) in [4.78, 5) is 26.4. The number of halogens is 1. The molecular formula is C17H23ClN2O3S. The van der Waals surface area contributed by atoms with Crippen molar-refractivity contribution in [2.75, 3.05) is 20.2 Å². The van der Waals surface area contributed by atoms with E-state index in [4.69, 9.17) is 16.3 Å². The molecule has 2 fully saturated rings. The monoisotopic (exact) mass is 370 g/mol. The van der Waals surface area contributed by atoms with Gasteiger partial charge in [0.25, 0.3) is 5.91 Å². The number of rotatable bonds is 5. The Morgan fingerprint density at radius 1 is 1.33 bits per heavy atom. The lowest BCUT2D eigenvalue weighted by Crippen LogP contribution is -2.42. The van der Waals surface area contributed by atoms with Gasteiger partial charge in [0.05, 0.1) is 16.3 Å². The van der Waals surface area contributed by atoms with Crippen molar-refractivity contribution in [2.24, 2.45) is 11.8 Å².